The van der Waals surface area contributed by atoms with E-state index in [4.69, 9.17) is 9.72 Å². The second-order valence-corrected chi connectivity index (χ2v) is 15.3. The Hall–Kier alpha value is -3.18. The summed E-state index contributed by atoms with van der Waals surface area (Å²) in [5.41, 5.74) is 5.83. The van der Waals surface area contributed by atoms with Crippen LogP contribution >= 0.6 is 23.9 Å². The molecule has 2 N–H and O–H groups in total. The summed E-state index contributed by atoms with van der Waals surface area (Å²) in [4.78, 5) is 25.7. The Morgan fingerprint density at radius 3 is 2.54 bits per heavy atom. The van der Waals surface area contributed by atoms with Gasteiger partial charge in [-0.1, -0.05) is 7.92 Å². The van der Waals surface area contributed by atoms with Gasteiger partial charge < -0.3 is 20.3 Å². The van der Waals surface area contributed by atoms with Gasteiger partial charge in [-0.3, -0.25) is 19.8 Å². The highest BCUT2D eigenvalue weighted by Gasteiger charge is 2.34. The van der Waals surface area contributed by atoms with Crippen LogP contribution in [-0.2, 0) is 0 Å². The first kappa shape index (κ1) is 32.7. The van der Waals surface area contributed by atoms with E-state index in [1.165, 1.54) is 0 Å². The molecule has 13 heteroatoms. The third-order valence-corrected chi connectivity index (χ3v) is 11.0. The van der Waals surface area contributed by atoms with E-state index in [2.05, 4.69) is 95.6 Å². The summed E-state index contributed by atoms with van der Waals surface area (Å²) < 4.78 is 19.3. The van der Waals surface area contributed by atoms with Crippen molar-refractivity contribution in [3.8, 4) is 5.75 Å². The molecule has 2 saturated heterocycles. The number of piperidine rings is 1. The number of nitrogens with one attached hydrogen (secondary N) is 2. The third-order valence-electron chi connectivity index (χ3n) is 9.10. The Balaban J connectivity index is 1.16. The van der Waals surface area contributed by atoms with Gasteiger partial charge in [0, 0.05) is 93.2 Å². The first-order valence-corrected chi connectivity index (χ1v) is 18.7. The van der Waals surface area contributed by atoms with Crippen LogP contribution in [0.1, 0.15) is 18.4 Å². The normalized spacial score (nSPS) is 16.5. The molecule has 6 rings (SSSR count). The zero-order valence-corrected chi connectivity index (χ0v) is 29.6. The number of nitrogens with zero attached hydrogens (tertiary/aromatic N) is 7. The van der Waals surface area contributed by atoms with Gasteiger partial charge in [0.05, 0.1) is 28.3 Å². The minimum Gasteiger partial charge on any atom is -0.494 e. The molecule has 46 heavy (non-hydrogen) atoms. The monoisotopic (exact) mass is 709 g/mol. The van der Waals surface area contributed by atoms with Crippen molar-refractivity contribution in [3.63, 3.8) is 0 Å². The highest BCUT2D eigenvalue weighted by molar-refractivity contribution is 9.10. The van der Waals surface area contributed by atoms with Crippen LogP contribution in [0.25, 0.3) is 11.0 Å². The van der Waals surface area contributed by atoms with E-state index in [0.717, 1.165) is 88.2 Å². The second kappa shape index (κ2) is 14.3. The molecule has 0 radical (unpaired) electrons. The van der Waals surface area contributed by atoms with Gasteiger partial charge in [0.15, 0.2) is 0 Å². The number of methoxy groups -OCH3 is 1. The van der Waals surface area contributed by atoms with E-state index in [-0.39, 0.29) is 6.67 Å². The zero-order chi connectivity index (χ0) is 32.4. The molecule has 0 saturated carbocycles. The number of fused-ring (bicyclic) bond motifs is 1. The third kappa shape index (κ3) is 6.90. The van der Waals surface area contributed by atoms with Crippen LogP contribution < -0.4 is 25.6 Å². The van der Waals surface area contributed by atoms with Crippen molar-refractivity contribution in [2.75, 3.05) is 82.4 Å². The average molecular weight is 711 g/mol. The maximum absolute atomic E-state index is 12.6. The Kier molecular flexibility index (Phi) is 10.2. The van der Waals surface area contributed by atoms with Crippen molar-refractivity contribution in [3.05, 3.63) is 52.9 Å². The quantitative estimate of drug-likeness (QED) is 0.183. The van der Waals surface area contributed by atoms with Gasteiger partial charge >= 0.3 is 0 Å². The molecule has 2 fully saturated rings. The minimum absolute atomic E-state index is 0.257. The number of aromatic nitrogens is 4. The summed E-state index contributed by atoms with van der Waals surface area (Å²) in [5.74, 6) is 1.83. The lowest BCUT2D eigenvalue weighted by Crippen LogP contribution is -2.61. The molecule has 0 unspecified atom stereocenters. The van der Waals surface area contributed by atoms with Gasteiger partial charge in [-0.15, -0.1) is 0 Å². The van der Waals surface area contributed by atoms with Crippen molar-refractivity contribution in [2.24, 2.45) is 0 Å². The Morgan fingerprint density at radius 2 is 1.83 bits per heavy atom. The molecule has 4 heterocycles. The van der Waals surface area contributed by atoms with E-state index in [1.807, 2.05) is 12.1 Å². The number of hydrogen-bond acceptors (Lipinski definition) is 10. The fraction of sp³-hybridized carbons (Fsp3) is 0.455. The molecule has 0 atom stereocenters. The van der Waals surface area contributed by atoms with Gasteiger partial charge in [-0.2, -0.15) is 4.98 Å². The number of aryl methyl sites for hydroxylation is 1. The number of alkyl halides is 1. The summed E-state index contributed by atoms with van der Waals surface area (Å²) in [6.45, 7) is 11.0. The molecule has 244 valence electrons. The predicted octanol–water partition coefficient (Wildman–Crippen LogP) is 5.91. The number of hydrogen-bond donors (Lipinski definition) is 2. The van der Waals surface area contributed by atoms with E-state index in [0.29, 0.717) is 30.4 Å². The molecule has 0 spiro atoms. The Labute approximate surface area is 280 Å². The van der Waals surface area contributed by atoms with Gasteiger partial charge in [0.1, 0.15) is 18.2 Å². The molecule has 0 bridgehead atoms. The van der Waals surface area contributed by atoms with Crippen molar-refractivity contribution in [1.82, 2.24) is 29.7 Å². The summed E-state index contributed by atoms with van der Waals surface area (Å²) in [7, 11) is 3.40. The van der Waals surface area contributed by atoms with Crippen molar-refractivity contribution < 1.29 is 9.13 Å². The number of ether oxygens (including phenoxy) is 1. The van der Waals surface area contributed by atoms with Crippen LogP contribution in [0.15, 0.2) is 47.3 Å². The van der Waals surface area contributed by atoms with Crippen molar-refractivity contribution in [2.45, 2.75) is 31.8 Å². The lowest BCUT2D eigenvalue weighted by Gasteiger charge is -2.48. The number of benzene rings is 2. The highest BCUT2D eigenvalue weighted by atomic mass is 79.9. The number of halogens is 2. The topological polar surface area (TPSA) is 94.6 Å². The van der Waals surface area contributed by atoms with Crippen LogP contribution in [0.5, 0.6) is 5.75 Å². The summed E-state index contributed by atoms with van der Waals surface area (Å²) in [5, 5.41) is 8.06. The highest BCUT2D eigenvalue weighted by Crippen LogP contribution is 2.38. The lowest BCUT2D eigenvalue weighted by atomic mass is 9.98. The Bertz CT molecular complexity index is 1680. The summed E-state index contributed by atoms with van der Waals surface area (Å²) in [6, 6.07) is 9.25. The predicted molar refractivity (Wildman–Crippen MR) is 191 cm³/mol. The Morgan fingerprint density at radius 1 is 1.07 bits per heavy atom. The number of anilines is 5. The first-order valence-electron chi connectivity index (χ1n) is 15.7. The molecule has 10 nitrogen and oxygen atoms in total. The summed E-state index contributed by atoms with van der Waals surface area (Å²) >= 11 is 3.63. The van der Waals surface area contributed by atoms with Gasteiger partial charge in [-0.25, -0.2) is 9.37 Å². The molecule has 2 aromatic carbocycles. The average Bonchev–Trinajstić information content (AvgIpc) is 3.04. The lowest BCUT2D eigenvalue weighted by molar-refractivity contribution is 0.0177. The maximum Gasteiger partial charge on any atom is 0.229 e. The molecule has 2 aromatic heterocycles. The van der Waals surface area contributed by atoms with Crippen LogP contribution in [0.4, 0.5) is 33.2 Å². The fourth-order valence-electron chi connectivity index (χ4n) is 6.57. The van der Waals surface area contributed by atoms with Crippen LogP contribution in [0.2, 0.25) is 0 Å². The minimum atomic E-state index is -0.476. The number of rotatable bonds is 11. The number of likely N-dealkylation sites (tertiary alicyclic amines) is 2. The molecule has 0 aliphatic carbocycles. The second-order valence-electron chi connectivity index (χ2n) is 12.2. The molecule has 2 aliphatic rings. The van der Waals surface area contributed by atoms with Gasteiger partial charge in [-0.05, 0) is 72.8 Å². The van der Waals surface area contributed by atoms with E-state index < -0.39 is 7.92 Å². The van der Waals surface area contributed by atoms with E-state index in [9.17, 15) is 4.39 Å². The SMILES string of the molecule is COc1cc(N(C)C2CCN(C3CN(CCF)C3)CC2)c(C)cc1Nc1ncc(Br)c(Nc2ccc3nccnc3c2P(C)C)n1. The van der Waals surface area contributed by atoms with Gasteiger partial charge in [0.25, 0.3) is 0 Å². The molecule has 0 amide bonds. The molecule has 2 aliphatic heterocycles. The zero-order valence-electron chi connectivity index (χ0n) is 27.1. The fourth-order valence-corrected chi connectivity index (χ4v) is 8.07. The largest absolute Gasteiger partial charge is 0.494 e. The van der Waals surface area contributed by atoms with Crippen molar-refractivity contribution in [1.29, 1.82) is 0 Å². The smallest absolute Gasteiger partial charge is 0.229 e. The first-order chi connectivity index (χ1) is 22.2. The maximum atomic E-state index is 12.6. The van der Waals surface area contributed by atoms with E-state index in [1.54, 1.807) is 25.7 Å². The van der Waals surface area contributed by atoms with E-state index >= 15 is 0 Å². The van der Waals surface area contributed by atoms with Crippen LogP contribution in [0.3, 0.4) is 0 Å². The molecular weight excluding hydrogens is 668 g/mol. The summed E-state index contributed by atoms with van der Waals surface area (Å²) in [6.07, 6.45) is 7.40. The molecule has 4 aromatic rings. The van der Waals surface area contributed by atoms with Crippen molar-refractivity contribution >= 4 is 69.0 Å². The van der Waals surface area contributed by atoms with Crippen LogP contribution in [-0.4, -0.2) is 109 Å². The van der Waals surface area contributed by atoms with Gasteiger partial charge in [0.2, 0.25) is 5.95 Å². The molecular formula is C33H42BrFN9OP. The standard InChI is InChI=1S/C33H42BrFN9OP/c1-21-16-27(29(45-3)17-28(21)42(2)22-8-13-44(14-9-22)23-19-43(20-23)15-10-35)40-33-38-18-24(34)32(41-33)39-26-7-6-25-30(31(26)46(4)5)37-12-11-36-25/h6-7,11-12,16-18,22-23H,8-10,13-15,19-20H2,1-5H3,(H2,38,39,40,41). The van der Waals surface area contributed by atoms with Crippen LogP contribution in [0, 0.1) is 6.92 Å².